The summed E-state index contributed by atoms with van der Waals surface area (Å²) in [7, 11) is 1.94. The van der Waals surface area contributed by atoms with Crippen LogP contribution in [0.15, 0.2) is 18.3 Å². The summed E-state index contributed by atoms with van der Waals surface area (Å²) in [5.41, 5.74) is 2.35. The smallest absolute Gasteiger partial charge is 0.0562 e. The first-order chi connectivity index (χ1) is 7.19. The van der Waals surface area contributed by atoms with Crippen molar-refractivity contribution in [3.05, 3.63) is 24.0 Å². The second-order valence-corrected chi connectivity index (χ2v) is 3.92. The molecule has 0 aliphatic carbocycles. The molecule has 3 heteroatoms. The van der Waals surface area contributed by atoms with Crippen LogP contribution >= 0.6 is 0 Å². The molecule has 1 aromatic heterocycles. The van der Waals surface area contributed by atoms with Crippen LogP contribution in [0, 0.1) is 0 Å². The highest BCUT2D eigenvalue weighted by molar-refractivity contribution is 5.47. The van der Waals surface area contributed by atoms with Crippen molar-refractivity contribution in [2.45, 2.75) is 33.4 Å². The van der Waals surface area contributed by atoms with E-state index in [2.05, 4.69) is 48.1 Å². The molecule has 3 nitrogen and oxygen atoms in total. The van der Waals surface area contributed by atoms with E-state index in [1.165, 1.54) is 5.69 Å². The van der Waals surface area contributed by atoms with Crippen LogP contribution in [0.4, 0.5) is 5.69 Å². The van der Waals surface area contributed by atoms with E-state index in [9.17, 15) is 0 Å². The van der Waals surface area contributed by atoms with Crippen molar-refractivity contribution in [3.8, 4) is 0 Å². The Morgan fingerprint density at radius 2 is 2.20 bits per heavy atom. The largest absolute Gasteiger partial charge is 0.369 e. The van der Waals surface area contributed by atoms with E-state index in [0.29, 0.717) is 6.04 Å². The lowest BCUT2D eigenvalue weighted by atomic mass is 10.2. The number of pyridine rings is 1. The molecule has 1 N–H and O–H groups in total. The van der Waals surface area contributed by atoms with E-state index in [1.54, 1.807) is 0 Å². The van der Waals surface area contributed by atoms with Gasteiger partial charge < -0.3 is 10.2 Å². The summed E-state index contributed by atoms with van der Waals surface area (Å²) in [6, 6.07) is 4.75. The number of nitrogens with one attached hydrogen (secondary N) is 1. The third-order valence-corrected chi connectivity index (χ3v) is 2.45. The van der Waals surface area contributed by atoms with Crippen molar-refractivity contribution in [1.29, 1.82) is 0 Å². The zero-order chi connectivity index (χ0) is 11.3. The van der Waals surface area contributed by atoms with Gasteiger partial charge in [0.05, 0.1) is 5.69 Å². The molecular formula is C12H21N3. The van der Waals surface area contributed by atoms with Crippen LogP contribution in [-0.2, 0) is 6.54 Å². The summed E-state index contributed by atoms with van der Waals surface area (Å²) in [6.07, 6.45) is 1.88. The molecule has 0 saturated carbocycles. The number of rotatable bonds is 5. The maximum atomic E-state index is 4.32. The summed E-state index contributed by atoms with van der Waals surface area (Å²) in [4.78, 5) is 6.68. The molecule has 0 radical (unpaired) electrons. The van der Waals surface area contributed by atoms with Gasteiger partial charge in [-0.15, -0.1) is 0 Å². The van der Waals surface area contributed by atoms with Crippen molar-refractivity contribution in [3.63, 3.8) is 0 Å². The lowest BCUT2D eigenvalue weighted by Crippen LogP contribution is -2.30. The maximum absolute atomic E-state index is 4.32. The highest BCUT2D eigenvalue weighted by Gasteiger charge is 2.08. The van der Waals surface area contributed by atoms with Crippen LogP contribution in [0.3, 0.4) is 0 Å². The Balaban J connectivity index is 2.87. The Hall–Kier alpha value is -1.09. The Kier molecular flexibility index (Phi) is 4.56. The van der Waals surface area contributed by atoms with Crippen LogP contribution in [-0.4, -0.2) is 24.6 Å². The highest BCUT2D eigenvalue weighted by atomic mass is 15.1. The highest BCUT2D eigenvalue weighted by Crippen LogP contribution is 2.16. The lowest BCUT2D eigenvalue weighted by Gasteiger charge is -2.27. The van der Waals surface area contributed by atoms with Crippen LogP contribution in [0.2, 0.25) is 0 Å². The minimum atomic E-state index is 0.528. The third kappa shape index (κ3) is 3.20. The Morgan fingerprint density at radius 3 is 2.73 bits per heavy atom. The molecule has 1 heterocycles. The number of hydrogen-bond acceptors (Lipinski definition) is 3. The molecule has 15 heavy (non-hydrogen) atoms. The molecule has 0 aromatic carbocycles. The molecule has 0 aliphatic heterocycles. The molecule has 0 atom stereocenters. The zero-order valence-corrected chi connectivity index (χ0v) is 10.1. The van der Waals surface area contributed by atoms with Gasteiger partial charge in [0.25, 0.3) is 0 Å². The van der Waals surface area contributed by atoms with E-state index < -0.39 is 0 Å². The molecule has 84 valence electrons. The van der Waals surface area contributed by atoms with E-state index in [4.69, 9.17) is 0 Å². The minimum absolute atomic E-state index is 0.528. The van der Waals surface area contributed by atoms with Crippen LogP contribution in [0.5, 0.6) is 0 Å². The monoisotopic (exact) mass is 207 g/mol. The second kappa shape index (κ2) is 5.71. The molecule has 0 saturated heterocycles. The van der Waals surface area contributed by atoms with Crippen molar-refractivity contribution in [2.24, 2.45) is 0 Å². The van der Waals surface area contributed by atoms with Crippen LogP contribution in [0.1, 0.15) is 26.5 Å². The zero-order valence-electron chi connectivity index (χ0n) is 10.1. The molecule has 1 aromatic rings. The van der Waals surface area contributed by atoms with Gasteiger partial charge in [0.1, 0.15) is 0 Å². The maximum Gasteiger partial charge on any atom is 0.0562 e. The van der Waals surface area contributed by atoms with Gasteiger partial charge in [-0.05, 0) is 40.0 Å². The van der Waals surface area contributed by atoms with E-state index in [0.717, 1.165) is 18.8 Å². The SMILES string of the molecule is CCN(c1ccnc(CNC)c1)C(C)C. The first-order valence-electron chi connectivity index (χ1n) is 5.55. The third-order valence-electron chi connectivity index (χ3n) is 2.45. The predicted molar refractivity (Wildman–Crippen MR) is 65.2 cm³/mol. The number of anilines is 1. The standard InChI is InChI=1S/C12H21N3/c1-5-15(10(2)3)12-6-7-14-11(8-12)9-13-4/h6-8,10,13H,5,9H2,1-4H3. The fourth-order valence-electron chi connectivity index (χ4n) is 1.77. The van der Waals surface area contributed by atoms with Crippen LogP contribution in [0.25, 0.3) is 0 Å². The number of aromatic nitrogens is 1. The normalized spacial score (nSPS) is 10.7. The molecule has 0 amide bonds. The topological polar surface area (TPSA) is 28.2 Å². The second-order valence-electron chi connectivity index (χ2n) is 3.92. The quantitative estimate of drug-likeness (QED) is 0.801. The van der Waals surface area contributed by atoms with Crippen molar-refractivity contribution in [1.82, 2.24) is 10.3 Å². The van der Waals surface area contributed by atoms with Crippen molar-refractivity contribution < 1.29 is 0 Å². The Labute approximate surface area is 92.5 Å². The van der Waals surface area contributed by atoms with Crippen molar-refractivity contribution >= 4 is 5.69 Å². The van der Waals surface area contributed by atoms with E-state index >= 15 is 0 Å². The van der Waals surface area contributed by atoms with Gasteiger partial charge in [0.2, 0.25) is 0 Å². The summed E-state index contributed by atoms with van der Waals surface area (Å²) >= 11 is 0. The van der Waals surface area contributed by atoms with Crippen molar-refractivity contribution in [2.75, 3.05) is 18.5 Å². The summed E-state index contributed by atoms with van der Waals surface area (Å²) in [6.45, 7) is 8.45. The average Bonchev–Trinajstić information content (AvgIpc) is 2.19. The van der Waals surface area contributed by atoms with Gasteiger partial charge >= 0.3 is 0 Å². The minimum Gasteiger partial charge on any atom is -0.369 e. The lowest BCUT2D eigenvalue weighted by molar-refractivity contribution is 0.700. The number of nitrogens with zero attached hydrogens (tertiary/aromatic N) is 2. The van der Waals surface area contributed by atoms with Gasteiger partial charge in [-0.1, -0.05) is 0 Å². The molecule has 0 bridgehead atoms. The van der Waals surface area contributed by atoms with Gasteiger partial charge in [-0.2, -0.15) is 0 Å². The first-order valence-corrected chi connectivity index (χ1v) is 5.55. The fraction of sp³-hybridized carbons (Fsp3) is 0.583. The average molecular weight is 207 g/mol. The van der Waals surface area contributed by atoms with Crippen LogP contribution < -0.4 is 10.2 Å². The Bertz CT molecular complexity index is 297. The Morgan fingerprint density at radius 1 is 1.47 bits per heavy atom. The molecule has 0 fully saturated rings. The van der Waals surface area contributed by atoms with Gasteiger partial charge in [-0.3, -0.25) is 4.98 Å². The fourth-order valence-corrected chi connectivity index (χ4v) is 1.77. The summed E-state index contributed by atoms with van der Waals surface area (Å²) in [5, 5.41) is 3.12. The first kappa shape index (κ1) is 12.0. The van der Waals surface area contributed by atoms with E-state index in [1.807, 2.05) is 13.2 Å². The summed E-state index contributed by atoms with van der Waals surface area (Å²) < 4.78 is 0. The van der Waals surface area contributed by atoms with Gasteiger partial charge in [0.15, 0.2) is 0 Å². The molecular weight excluding hydrogens is 186 g/mol. The van der Waals surface area contributed by atoms with E-state index in [-0.39, 0.29) is 0 Å². The molecule has 0 unspecified atom stereocenters. The van der Waals surface area contributed by atoms with Gasteiger partial charge in [-0.25, -0.2) is 0 Å². The summed E-state index contributed by atoms with van der Waals surface area (Å²) in [5.74, 6) is 0. The molecule has 0 spiro atoms. The van der Waals surface area contributed by atoms with Gasteiger partial charge in [0, 0.05) is 31.0 Å². The molecule has 0 aliphatic rings. The molecule has 1 rings (SSSR count). The number of hydrogen-bond donors (Lipinski definition) is 1. The predicted octanol–water partition coefficient (Wildman–Crippen LogP) is 2.04.